The normalized spacial score (nSPS) is 6.00. The van der Waals surface area contributed by atoms with Crippen LogP contribution in [-0.4, -0.2) is 28.8 Å². The smallest absolute Gasteiger partial charge is 0.0655 e. The molecule has 0 spiro atoms. The second kappa shape index (κ2) is 8.84. The summed E-state index contributed by atoms with van der Waals surface area (Å²) < 4.78 is 0. The Morgan fingerprint density at radius 3 is 1.75 bits per heavy atom. The Bertz CT molecular complexity index is 15.5. The van der Waals surface area contributed by atoms with Gasteiger partial charge in [-0.05, 0) is 0 Å². The topological polar surface area (TPSA) is 0 Å². The Balaban J connectivity index is 0. The Morgan fingerprint density at radius 1 is 1.75 bits per heavy atom. The molecule has 0 amide bonds. The summed E-state index contributed by atoms with van der Waals surface area (Å²) in [4.78, 5) is 0. The van der Waals surface area contributed by atoms with E-state index in [0.29, 0.717) is 0 Å². The van der Waals surface area contributed by atoms with Crippen molar-refractivity contribution in [3.05, 3.63) is 0 Å². The van der Waals surface area contributed by atoms with Crippen molar-refractivity contribution in [2.75, 3.05) is 0 Å². The molecule has 0 nitrogen and oxygen atoms in total. The van der Waals surface area contributed by atoms with Crippen LogP contribution in [0.4, 0.5) is 0 Å². The molecule has 0 fully saturated rings. The Hall–Kier alpha value is 1.33. The van der Waals surface area contributed by atoms with Crippen molar-refractivity contribution in [1.29, 1.82) is 0 Å². The summed E-state index contributed by atoms with van der Waals surface area (Å²) in [5.74, 6) is 0. The van der Waals surface area contributed by atoms with Crippen molar-refractivity contribution in [3.8, 4) is 0 Å². The Morgan fingerprint density at radius 2 is 1.75 bits per heavy atom. The molecule has 0 aromatic carbocycles. The van der Waals surface area contributed by atoms with Crippen LogP contribution >= 0.6 is 6.90 Å². The van der Waals surface area contributed by atoms with Crippen LogP contribution in [0.1, 0.15) is 0 Å². The molecule has 0 atom stereocenters. The average Bonchev–Trinajstić information content (AvgIpc) is 0.918. The van der Waals surface area contributed by atoms with E-state index in [0.717, 1.165) is 16.8 Å². The molecule has 0 aliphatic carbocycles. The third kappa shape index (κ3) is 10.2. The SMILES string of the molecule is [LiH].[SiH3]P=S. The summed E-state index contributed by atoms with van der Waals surface area (Å²) in [6.07, 6.45) is 0. The standard InChI is InChI=1S/Li.H3PSSi.H/c;2-1-3;/h;3H3;. The molecular formula is H4LiPSSi. The van der Waals surface area contributed by atoms with Gasteiger partial charge in [-0.2, -0.15) is 0 Å². The van der Waals surface area contributed by atoms with Gasteiger partial charge in [-0.25, -0.2) is 0 Å². The van der Waals surface area contributed by atoms with Crippen LogP contribution in [0, 0.1) is 0 Å². The van der Waals surface area contributed by atoms with Gasteiger partial charge in [0.15, 0.2) is 0 Å². The van der Waals surface area contributed by atoms with Crippen molar-refractivity contribution in [2.24, 2.45) is 0 Å². The third-order valence-corrected chi connectivity index (χ3v) is 0. The van der Waals surface area contributed by atoms with E-state index < -0.39 is 0 Å². The first-order chi connectivity index (χ1) is 1.41. The van der Waals surface area contributed by atoms with E-state index in [1.807, 2.05) is 0 Å². The van der Waals surface area contributed by atoms with E-state index in [4.69, 9.17) is 0 Å². The quantitative estimate of drug-likeness (QED) is 0.280. The molecule has 0 N–H and O–H groups in total. The summed E-state index contributed by atoms with van der Waals surface area (Å²) >= 11 is 4.43. The largest absolute Gasteiger partial charge is 0.0778 e. The number of hydrogen-bond acceptors (Lipinski definition) is 1. The van der Waals surface area contributed by atoms with Crippen molar-refractivity contribution in [3.63, 3.8) is 0 Å². The molecule has 0 bridgehead atoms. The van der Waals surface area contributed by atoms with E-state index in [9.17, 15) is 0 Å². The third-order valence-electron chi connectivity index (χ3n) is 0. The molecule has 0 aliphatic heterocycles. The molecule has 0 aromatic heterocycles. The van der Waals surface area contributed by atoms with Gasteiger partial charge in [-0.15, -0.1) is 0 Å². The molecule has 0 aliphatic rings. The van der Waals surface area contributed by atoms with Crippen LogP contribution < -0.4 is 0 Å². The van der Waals surface area contributed by atoms with Crippen molar-refractivity contribution >= 4 is 47.5 Å². The minimum Gasteiger partial charge on any atom is -0.0655 e. The van der Waals surface area contributed by atoms with Crippen LogP contribution in [0.15, 0.2) is 0 Å². The molecule has 0 heterocycles. The first kappa shape index (κ1) is 9.01. The monoisotopic (exact) mass is 102 g/mol. The Kier molecular flexibility index (Phi) is 19.9. The predicted molar refractivity (Wildman–Crippen MR) is 31.4 cm³/mol. The molecule has 0 unspecified atom stereocenters. The van der Waals surface area contributed by atoms with Crippen LogP contribution in [0.5, 0.6) is 0 Å². The van der Waals surface area contributed by atoms with E-state index in [-0.39, 0.29) is 18.9 Å². The first-order valence-electron chi connectivity index (χ1n) is 0.630. The zero-order chi connectivity index (χ0) is 2.71. The van der Waals surface area contributed by atoms with Gasteiger partial charge in [0.2, 0.25) is 0 Å². The molecule has 0 saturated carbocycles. The predicted octanol–water partition coefficient (Wildman–Crippen LogP) is -0.974. The first-order valence-corrected chi connectivity index (χ1v) is 5.67. The number of rotatable bonds is 0. The molecule has 4 heavy (non-hydrogen) atoms. The number of hydrogen-bond donors (Lipinski definition) is 0. The summed E-state index contributed by atoms with van der Waals surface area (Å²) in [5.41, 5.74) is 0. The van der Waals surface area contributed by atoms with Gasteiger partial charge in [0.25, 0.3) is 0 Å². The van der Waals surface area contributed by atoms with Crippen LogP contribution in [0.2, 0.25) is 0 Å². The summed E-state index contributed by atoms with van der Waals surface area (Å²) in [7, 11) is 1.16. The maximum absolute atomic E-state index is 4.43. The molecule has 0 saturated heterocycles. The summed E-state index contributed by atoms with van der Waals surface area (Å²) in [6.45, 7) is 1.14. The maximum Gasteiger partial charge on any atom is 0.0778 e. The van der Waals surface area contributed by atoms with Gasteiger partial charge >= 0.3 is 18.9 Å². The molecule has 0 aromatic rings. The van der Waals surface area contributed by atoms with Gasteiger partial charge in [0, 0.05) is 0 Å². The fraction of sp³-hybridized carbons (Fsp3) is 0. The molecule has 20 valence electrons. The van der Waals surface area contributed by atoms with Crippen LogP contribution in [0.25, 0.3) is 0 Å². The zero-order valence-electron chi connectivity index (χ0n) is 1.86. The van der Waals surface area contributed by atoms with Gasteiger partial charge in [-0.1, -0.05) is 18.7 Å². The van der Waals surface area contributed by atoms with Gasteiger partial charge in [0.1, 0.15) is 0 Å². The minimum absolute atomic E-state index is 0. The molecule has 4 heteroatoms. The molecule has 0 radical (unpaired) electrons. The fourth-order valence-electron chi connectivity index (χ4n) is 0. The second-order valence-corrected chi connectivity index (χ2v) is 4.93. The van der Waals surface area contributed by atoms with Gasteiger partial charge in [0.05, 0.1) is 9.91 Å². The van der Waals surface area contributed by atoms with E-state index in [1.165, 1.54) is 0 Å². The maximum atomic E-state index is 4.43. The van der Waals surface area contributed by atoms with E-state index in [1.54, 1.807) is 0 Å². The van der Waals surface area contributed by atoms with Crippen molar-refractivity contribution < 1.29 is 0 Å². The van der Waals surface area contributed by atoms with E-state index in [2.05, 4.69) is 11.8 Å². The second-order valence-electron chi connectivity index (χ2n) is 0.183. The Labute approximate surface area is 47.6 Å². The van der Waals surface area contributed by atoms with Crippen LogP contribution in [0.3, 0.4) is 0 Å². The van der Waals surface area contributed by atoms with Gasteiger partial charge in [-0.3, -0.25) is 0 Å². The van der Waals surface area contributed by atoms with Crippen molar-refractivity contribution in [1.82, 2.24) is 0 Å². The average molecular weight is 102 g/mol. The molecule has 0 rings (SSSR count). The van der Waals surface area contributed by atoms with Crippen LogP contribution in [-0.2, 0) is 11.8 Å². The zero-order valence-corrected chi connectivity index (χ0v) is 5.57. The minimum atomic E-state index is 0. The molecular weight excluding hydrogens is 98.1 g/mol. The van der Waals surface area contributed by atoms with Gasteiger partial charge < -0.3 is 0 Å². The fourth-order valence-corrected chi connectivity index (χ4v) is 0. The van der Waals surface area contributed by atoms with Crippen molar-refractivity contribution in [2.45, 2.75) is 0 Å². The summed E-state index contributed by atoms with van der Waals surface area (Å²) in [5, 5.41) is 0. The summed E-state index contributed by atoms with van der Waals surface area (Å²) in [6, 6.07) is 0. The van der Waals surface area contributed by atoms with E-state index >= 15 is 0 Å².